The standard InChI is InChI=1S/C14H19N3OS/c1-3-6-17-10-16-8-12(17)9-19-14-5-4-11(15)7-13(14)18-2/h4-5,7-8,10H,3,6,9,15H2,1-2H3. The molecule has 5 heteroatoms. The van der Waals surface area contributed by atoms with Crippen LogP contribution in [0.1, 0.15) is 19.0 Å². The molecule has 0 unspecified atom stereocenters. The third-order valence-electron chi connectivity index (χ3n) is 2.83. The summed E-state index contributed by atoms with van der Waals surface area (Å²) in [5.74, 6) is 1.70. The third-order valence-corrected chi connectivity index (χ3v) is 3.91. The predicted molar refractivity (Wildman–Crippen MR) is 79.5 cm³/mol. The lowest BCUT2D eigenvalue weighted by Crippen LogP contribution is -1.99. The average molecular weight is 277 g/mol. The molecule has 19 heavy (non-hydrogen) atoms. The molecule has 0 saturated heterocycles. The first kappa shape index (κ1) is 13.8. The van der Waals surface area contributed by atoms with E-state index in [1.54, 1.807) is 18.9 Å². The molecule has 2 N–H and O–H groups in total. The van der Waals surface area contributed by atoms with Gasteiger partial charge in [0.1, 0.15) is 5.75 Å². The van der Waals surface area contributed by atoms with Crippen molar-refractivity contribution in [1.82, 2.24) is 9.55 Å². The number of aromatic nitrogens is 2. The lowest BCUT2D eigenvalue weighted by molar-refractivity contribution is 0.405. The largest absolute Gasteiger partial charge is 0.496 e. The zero-order valence-corrected chi connectivity index (χ0v) is 12.1. The summed E-state index contributed by atoms with van der Waals surface area (Å²) in [6.07, 6.45) is 4.92. The summed E-state index contributed by atoms with van der Waals surface area (Å²) >= 11 is 1.74. The monoisotopic (exact) mass is 277 g/mol. The van der Waals surface area contributed by atoms with Crippen molar-refractivity contribution in [3.05, 3.63) is 36.4 Å². The fourth-order valence-electron chi connectivity index (χ4n) is 1.87. The van der Waals surface area contributed by atoms with Gasteiger partial charge in [0.15, 0.2) is 0 Å². The van der Waals surface area contributed by atoms with Gasteiger partial charge in [0.25, 0.3) is 0 Å². The number of anilines is 1. The summed E-state index contributed by atoms with van der Waals surface area (Å²) in [6.45, 7) is 3.18. The number of hydrogen-bond acceptors (Lipinski definition) is 4. The van der Waals surface area contributed by atoms with Gasteiger partial charge in [-0.1, -0.05) is 6.92 Å². The third kappa shape index (κ3) is 3.44. The molecule has 1 aromatic carbocycles. The summed E-state index contributed by atoms with van der Waals surface area (Å²) in [6, 6.07) is 5.75. The summed E-state index contributed by atoms with van der Waals surface area (Å²) in [5.41, 5.74) is 7.70. The highest BCUT2D eigenvalue weighted by Gasteiger charge is 2.07. The zero-order valence-electron chi connectivity index (χ0n) is 11.3. The van der Waals surface area contributed by atoms with E-state index in [-0.39, 0.29) is 0 Å². The maximum atomic E-state index is 5.75. The van der Waals surface area contributed by atoms with Gasteiger partial charge >= 0.3 is 0 Å². The molecule has 1 aromatic heterocycles. The maximum absolute atomic E-state index is 5.75. The molecule has 4 nitrogen and oxygen atoms in total. The van der Waals surface area contributed by atoms with Gasteiger partial charge in [-0.3, -0.25) is 0 Å². The molecule has 2 aromatic rings. The van der Waals surface area contributed by atoms with Crippen molar-refractivity contribution in [2.24, 2.45) is 0 Å². The van der Waals surface area contributed by atoms with E-state index in [1.165, 1.54) is 5.69 Å². The van der Waals surface area contributed by atoms with Crippen LogP contribution in [0.15, 0.2) is 35.6 Å². The molecule has 0 aliphatic rings. The minimum Gasteiger partial charge on any atom is -0.496 e. The molecular weight excluding hydrogens is 258 g/mol. The molecule has 0 aliphatic heterocycles. The molecule has 2 rings (SSSR count). The second-order valence-corrected chi connectivity index (χ2v) is 5.29. The van der Waals surface area contributed by atoms with E-state index < -0.39 is 0 Å². The van der Waals surface area contributed by atoms with Gasteiger partial charge in [-0.15, -0.1) is 11.8 Å². The van der Waals surface area contributed by atoms with E-state index in [1.807, 2.05) is 30.7 Å². The summed E-state index contributed by atoms with van der Waals surface area (Å²) in [7, 11) is 1.67. The average Bonchev–Trinajstić information content (AvgIpc) is 2.85. The zero-order chi connectivity index (χ0) is 13.7. The van der Waals surface area contributed by atoms with Crippen molar-refractivity contribution in [3.8, 4) is 5.75 Å². The Kier molecular flexibility index (Phi) is 4.74. The molecule has 0 aliphatic carbocycles. The number of nitrogens with two attached hydrogens (primary N) is 1. The molecule has 0 atom stereocenters. The van der Waals surface area contributed by atoms with Gasteiger partial charge in [-0.25, -0.2) is 4.98 Å². The Bertz CT molecular complexity index is 539. The van der Waals surface area contributed by atoms with E-state index in [9.17, 15) is 0 Å². The molecule has 0 radical (unpaired) electrons. The van der Waals surface area contributed by atoms with Crippen LogP contribution in [0, 0.1) is 0 Å². The van der Waals surface area contributed by atoms with Crippen molar-refractivity contribution < 1.29 is 4.74 Å². The van der Waals surface area contributed by atoms with Crippen LogP contribution < -0.4 is 10.5 Å². The highest BCUT2D eigenvalue weighted by atomic mass is 32.2. The van der Waals surface area contributed by atoms with Crippen molar-refractivity contribution in [2.45, 2.75) is 30.5 Å². The quantitative estimate of drug-likeness (QED) is 0.651. The number of aryl methyl sites for hydroxylation is 1. The first-order valence-electron chi connectivity index (χ1n) is 6.30. The van der Waals surface area contributed by atoms with Crippen LogP contribution >= 0.6 is 11.8 Å². The Hall–Kier alpha value is -1.62. The Morgan fingerprint density at radius 2 is 2.26 bits per heavy atom. The maximum Gasteiger partial charge on any atom is 0.134 e. The van der Waals surface area contributed by atoms with Crippen LogP contribution in [0.25, 0.3) is 0 Å². The lowest BCUT2D eigenvalue weighted by atomic mass is 10.3. The minimum atomic E-state index is 0.720. The Morgan fingerprint density at radius 1 is 1.42 bits per heavy atom. The second-order valence-electron chi connectivity index (χ2n) is 4.28. The first-order valence-corrected chi connectivity index (χ1v) is 7.28. The van der Waals surface area contributed by atoms with Gasteiger partial charge < -0.3 is 15.0 Å². The number of imidazole rings is 1. The smallest absolute Gasteiger partial charge is 0.134 e. The first-order chi connectivity index (χ1) is 9.24. The Morgan fingerprint density at radius 3 is 3.00 bits per heavy atom. The Labute approximate surface area is 118 Å². The number of benzene rings is 1. The molecule has 0 bridgehead atoms. The van der Waals surface area contributed by atoms with Crippen molar-refractivity contribution in [2.75, 3.05) is 12.8 Å². The topological polar surface area (TPSA) is 53.1 Å². The molecule has 1 heterocycles. The normalized spacial score (nSPS) is 10.6. The number of nitrogens with zero attached hydrogens (tertiary/aromatic N) is 2. The molecule has 0 saturated carbocycles. The van der Waals surface area contributed by atoms with E-state index in [4.69, 9.17) is 10.5 Å². The number of thioether (sulfide) groups is 1. The van der Waals surface area contributed by atoms with Gasteiger partial charge in [0.2, 0.25) is 0 Å². The number of methoxy groups -OCH3 is 1. The summed E-state index contributed by atoms with van der Waals surface area (Å²) in [4.78, 5) is 5.31. The highest BCUT2D eigenvalue weighted by molar-refractivity contribution is 7.98. The molecule has 0 amide bonds. The number of ether oxygens (including phenoxy) is 1. The lowest BCUT2D eigenvalue weighted by Gasteiger charge is -2.10. The van der Waals surface area contributed by atoms with E-state index in [0.717, 1.165) is 35.1 Å². The van der Waals surface area contributed by atoms with Crippen LogP contribution in [0.3, 0.4) is 0 Å². The summed E-state index contributed by atoms with van der Waals surface area (Å²) in [5, 5.41) is 0. The van der Waals surface area contributed by atoms with Crippen LogP contribution in [-0.2, 0) is 12.3 Å². The van der Waals surface area contributed by atoms with Crippen LogP contribution in [0.4, 0.5) is 5.69 Å². The molecule has 0 spiro atoms. The predicted octanol–water partition coefficient (Wildman–Crippen LogP) is 3.18. The Balaban J connectivity index is 2.07. The number of hydrogen-bond donors (Lipinski definition) is 1. The van der Waals surface area contributed by atoms with Gasteiger partial charge in [0.05, 0.1) is 13.4 Å². The van der Waals surface area contributed by atoms with Gasteiger partial charge in [-0.2, -0.15) is 0 Å². The van der Waals surface area contributed by atoms with Crippen molar-refractivity contribution >= 4 is 17.4 Å². The highest BCUT2D eigenvalue weighted by Crippen LogP contribution is 2.33. The minimum absolute atomic E-state index is 0.720. The van der Waals surface area contributed by atoms with Crippen molar-refractivity contribution in [1.29, 1.82) is 0 Å². The number of rotatable bonds is 6. The molecular formula is C14H19N3OS. The van der Waals surface area contributed by atoms with Crippen LogP contribution in [-0.4, -0.2) is 16.7 Å². The summed E-state index contributed by atoms with van der Waals surface area (Å²) < 4.78 is 7.54. The van der Waals surface area contributed by atoms with Crippen LogP contribution in [0.5, 0.6) is 5.75 Å². The van der Waals surface area contributed by atoms with Gasteiger partial charge in [-0.05, 0) is 18.6 Å². The van der Waals surface area contributed by atoms with E-state index in [2.05, 4.69) is 16.5 Å². The van der Waals surface area contributed by atoms with E-state index in [0.29, 0.717) is 0 Å². The fourth-order valence-corrected chi connectivity index (χ4v) is 2.86. The SMILES string of the molecule is CCCn1cncc1CSc1ccc(N)cc1OC. The molecule has 0 fully saturated rings. The molecule has 102 valence electrons. The second kappa shape index (κ2) is 6.52. The fraction of sp³-hybridized carbons (Fsp3) is 0.357. The van der Waals surface area contributed by atoms with Crippen molar-refractivity contribution in [3.63, 3.8) is 0 Å². The van der Waals surface area contributed by atoms with Gasteiger partial charge in [0, 0.05) is 40.8 Å². The van der Waals surface area contributed by atoms with E-state index >= 15 is 0 Å². The number of nitrogen functional groups attached to an aromatic ring is 1. The van der Waals surface area contributed by atoms with Crippen LogP contribution in [0.2, 0.25) is 0 Å².